The maximum atomic E-state index is 12.0. The number of rotatable bonds is 5. The molecule has 0 aliphatic carbocycles. The molecule has 1 atom stereocenters. The van der Waals surface area contributed by atoms with Crippen LogP contribution >= 0.6 is 11.3 Å². The van der Waals surface area contributed by atoms with Gasteiger partial charge in [-0.05, 0) is 31.4 Å². The molecule has 1 aromatic heterocycles. The molecule has 0 saturated carbocycles. The average Bonchev–Trinajstić information content (AvgIpc) is 2.97. The second kappa shape index (κ2) is 7.23. The second-order valence-electron chi connectivity index (χ2n) is 6.18. The molecular formula is C18H23N3OS. The van der Waals surface area contributed by atoms with Gasteiger partial charge in [0.15, 0.2) is 0 Å². The number of carbonyl (C=O) groups is 1. The lowest BCUT2D eigenvalue weighted by molar-refractivity contribution is -0.120. The highest BCUT2D eigenvalue weighted by Crippen LogP contribution is 2.19. The fraction of sp³-hybridized carbons (Fsp3) is 0.444. The first-order valence-electron chi connectivity index (χ1n) is 8.10. The molecule has 23 heavy (non-hydrogen) atoms. The van der Waals surface area contributed by atoms with Crippen LogP contribution in [0.1, 0.15) is 28.8 Å². The Morgan fingerprint density at radius 1 is 1.39 bits per heavy atom. The fourth-order valence-electron chi connectivity index (χ4n) is 3.00. The molecule has 1 aliphatic heterocycles. The molecule has 4 nitrogen and oxygen atoms in total. The highest BCUT2D eigenvalue weighted by Gasteiger charge is 2.20. The molecule has 3 rings (SSSR count). The Morgan fingerprint density at radius 3 is 2.91 bits per heavy atom. The van der Waals surface area contributed by atoms with E-state index in [1.54, 1.807) is 11.3 Å². The molecule has 1 N–H and O–H groups in total. The van der Waals surface area contributed by atoms with Gasteiger partial charge in [0.1, 0.15) is 0 Å². The quantitative estimate of drug-likeness (QED) is 0.917. The average molecular weight is 329 g/mol. The molecule has 0 fully saturated rings. The van der Waals surface area contributed by atoms with E-state index in [1.807, 2.05) is 12.3 Å². The van der Waals surface area contributed by atoms with Gasteiger partial charge in [-0.1, -0.05) is 24.3 Å². The summed E-state index contributed by atoms with van der Waals surface area (Å²) in [6.07, 6.45) is 1.46. The largest absolute Gasteiger partial charge is 0.354 e. The fourth-order valence-corrected chi connectivity index (χ4v) is 3.61. The Balaban J connectivity index is 1.48. The SMILES string of the molecule is Cc1nc(CC(=O)NCC(C)N2CCc3ccccc3C2)cs1. The van der Waals surface area contributed by atoms with Gasteiger partial charge < -0.3 is 5.32 Å². The normalized spacial score (nSPS) is 15.9. The number of benzene rings is 1. The maximum Gasteiger partial charge on any atom is 0.226 e. The van der Waals surface area contributed by atoms with E-state index in [9.17, 15) is 4.79 Å². The standard InChI is InChI=1S/C18H23N3OS/c1-13(10-19-18(22)9-17-12-23-14(2)20-17)21-8-7-15-5-3-4-6-16(15)11-21/h3-6,12-13H,7-11H2,1-2H3,(H,19,22). The molecule has 1 unspecified atom stereocenters. The van der Waals surface area contributed by atoms with Gasteiger partial charge in [0.05, 0.1) is 17.1 Å². The van der Waals surface area contributed by atoms with Gasteiger partial charge in [-0.25, -0.2) is 4.98 Å². The van der Waals surface area contributed by atoms with Crippen molar-refractivity contribution in [2.75, 3.05) is 13.1 Å². The highest BCUT2D eigenvalue weighted by atomic mass is 32.1. The first-order valence-corrected chi connectivity index (χ1v) is 8.98. The van der Waals surface area contributed by atoms with E-state index in [2.05, 4.69) is 46.4 Å². The van der Waals surface area contributed by atoms with Crippen LogP contribution < -0.4 is 5.32 Å². The van der Waals surface area contributed by atoms with Crippen LogP contribution in [0.5, 0.6) is 0 Å². The number of hydrogen-bond donors (Lipinski definition) is 1. The number of nitrogens with zero attached hydrogens (tertiary/aromatic N) is 2. The molecule has 0 spiro atoms. The molecule has 2 heterocycles. The lowest BCUT2D eigenvalue weighted by atomic mass is 9.99. The van der Waals surface area contributed by atoms with Crippen LogP contribution in [-0.4, -0.2) is 34.9 Å². The number of hydrogen-bond acceptors (Lipinski definition) is 4. The van der Waals surface area contributed by atoms with Crippen molar-refractivity contribution in [2.24, 2.45) is 0 Å². The molecule has 1 amide bonds. The van der Waals surface area contributed by atoms with Gasteiger partial charge in [0, 0.05) is 31.1 Å². The Labute approximate surface area is 141 Å². The highest BCUT2D eigenvalue weighted by molar-refractivity contribution is 7.09. The Bertz CT molecular complexity index is 682. The van der Waals surface area contributed by atoms with Gasteiger partial charge in [-0.15, -0.1) is 11.3 Å². The number of thiazole rings is 1. The maximum absolute atomic E-state index is 12.0. The molecule has 2 aromatic rings. The minimum absolute atomic E-state index is 0.0551. The summed E-state index contributed by atoms with van der Waals surface area (Å²) in [6.45, 7) is 6.85. The Morgan fingerprint density at radius 2 is 2.17 bits per heavy atom. The van der Waals surface area contributed by atoms with E-state index < -0.39 is 0 Å². The number of carbonyl (C=O) groups excluding carboxylic acids is 1. The molecular weight excluding hydrogens is 306 g/mol. The minimum Gasteiger partial charge on any atom is -0.354 e. The predicted molar refractivity (Wildman–Crippen MR) is 93.6 cm³/mol. The van der Waals surface area contributed by atoms with Crippen molar-refractivity contribution in [1.29, 1.82) is 0 Å². The third-order valence-corrected chi connectivity index (χ3v) is 5.21. The number of amides is 1. The summed E-state index contributed by atoms with van der Waals surface area (Å²) >= 11 is 1.59. The van der Waals surface area contributed by atoms with E-state index in [4.69, 9.17) is 0 Å². The van der Waals surface area contributed by atoms with Crippen LogP contribution in [0.25, 0.3) is 0 Å². The van der Waals surface area contributed by atoms with Crippen molar-refractivity contribution < 1.29 is 4.79 Å². The van der Waals surface area contributed by atoms with Crippen LogP contribution in [0.2, 0.25) is 0 Å². The second-order valence-corrected chi connectivity index (χ2v) is 7.24. The molecule has 1 aromatic carbocycles. The first-order chi connectivity index (χ1) is 11.1. The van der Waals surface area contributed by atoms with Gasteiger partial charge in [0.2, 0.25) is 5.91 Å². The topological polar surface area (TPSA) is 45.2 Å². The van der Waals surface area contributed by atoms with Gasteiger partial charge in [0.25, 0.3) is 0 Å². The smallest absolute Gasteiger partial charge is 0.226 e. The van der Waals surface area contributed by atoms with Gasteiger partial charge >= 0.3 is 0 Å². The summed E-state index contributed by atoms with van der Waals surface area (Å²) in [5.41, 5.74) is 3.73. The van der Waals surface area contributed by atoms with Gasteiger partial charge in [-0.3, -0.25) is 9.69 Å². The predicted octanol–water partition coefficient (Wildman–Crippen LogP) is 2.56. The number of nitrogens with one attached hydrogen (secondary N) is 1. The molecule has 1 aliphatic rings. The van der Waals surface area contributed by atoms with Crippen LogP contribution in [0.4, 0.5) is 0 Å². The number of fused-ring (bicyclic) bond motifs is 1. The summed E-state index contributed by atoms with van der Waals surface area (Å²) in [5.74, 6) is 0.0551. The third kappa shape index (κ3) is 4.18. The lowest BCUT2D eigenvalue weighted by Gasteiger charge is -2.33. The van der Waals surface area contributed by atoms with E-state index in [0.717, 1.165) is 30.2 Å². The van der Waals surface area contributed by atoms with E-state index >= 15 is 0 Å². The van der Waals surface area contributed by atoms with Crippen molar-refractivity contribution in [2.45, 2.75) is 39.3 Å². The summed E-state index contributed by atoms with van der Waals surface area (Å²) in [4.78, 5) is 18.8. The van der Waals surface area contributed by atoms with E-state index in [-0.39, 0.29) is 5.91 Å². The van der Waals surface area contributed by atoms with Crippen LogP contribution in [0.3, 0.4) is 0 Å². The van der Waals surface area contributed by atoms with E-state index in [0.29, 0.717) is 19.0 Å². The molecule has 0 bridgehead atoms. The van der Waals surface area contributed by atoms with Crippen LogP contribution in [0, 0.1) is 6.92 Å². The summed E-state index contributed by atoms with van der Waals surface area (Å²) < 4.78 is 0. The van der Waals surface area contributed by atoms with Crippen LogP contribution in [-0.2, 0) is 24.2 Å². The summed E-state index contributed by atoms with van der Waals surface area (Å²) in [7, 11) is 0. The van der Waals surface area contributed by atoms with Crippen LogP contribution in [0.15, 0.2) is 29.6 Å². The van der Waals surface area contributed by atoms with Gasteiger partial charge in [-0.2, -0.15) is 0 Å². The molecule has 0 radical (unpaired) electrons. The molecule has 122 valence electrons. The summed E-state index contributed by atoms with van der Waals surface area (Å²) in [6, 6.07) is 8.97. The first kappa shape index (κ1) is 16.1. The Hall–Kier alpha value is -1.72. The van der Waals surface area contributed by atoms with Crippen molar-refractivity contribution in [3.63, 3.8) is 0 Å². The third-order valence-electron chi connectivity index (χ3n) is 4.39. The lowest BCUT2D eigenvalue weighted by Crippen LogP contribution is -2.44. The number of aryl methyl sites for hydroxylation is 1. The monoisotopic (exact) mass is 329 g/mol. The number of aromatic nitrogens is 1. The molecule has 5 heteroatoms. The van der Waals surface area contributed by atoms with Crippen molar-refractivity contribution >= 4 is 17.2 Å². The minimum atomic E-state index is 0.0551. The van der Waals surface area contributed by atoms with Crippen molar-refractivity contribution in [1.82, 2.24) is 15.2 Å². The van der Waals surface area contributed by atoms with Crippen molar-refractivity contribution in [3.05, 3.63) is 51.5 Å². The zero-order chi connectivity index (χ0) is 16.2. The zero-order valence-electron chi connectivity index (χ0n) is 13.7. The summed E-state index contributed by atoms with van der Waals surface area (Å²) in [5, 5.41) is 6.01. The van der Waals surface area contributed by atoms with E-state index in [1.165, 1.54) is 11.1 Å². The van der Waals surface area contributed by atoms with Crippen molar-refractivity contribution in [3.8, 4) is 0 Å². The molecule has 0 saturated heterocycles. The Kier molecular flexibility index (Phi) is 5.08. The zero-order valence-corrected chi connectivity index (χ0v) is 14.5.